The van der Waals surface area contributed by atoms with Crippen LogP contribution in [0.15, 0.2) is 48.5 Å². The number of likely N-dealkylation sites (N-methyl/N-ethyl adjacent to an activating group) is 1. The number of halogens is 6. The number of benzene rings is 2. The number of pyridine rings is 1. The summed E-state index contributed by atoms with van der Waals surface area (Å²) in [7, 11) is 1.30. The molecule has 4 rings (SSSR count). The van der Waals surface area contributed by atoms with E-state index >= 15 is 0 Å². The molecule has 2 unspecified atom stereocenters. The van der Waals surface area contributed by atoms with Crippen LogP contribution >= 0.6 is 11.6 Å². The number of hydrogen-bond acceptors (Lipinski definition) is 3. The van der Waals surface area contributed by atoms with Gasteiger partial charge in [-0.05, 0) is 36.8 Å². The van der Waals surface area contributed by atoms with Crippen molar-refractivity contribution < 1.29 is 26.7 Å². The van der Waals surface area contributed by atoms with E-state index < -0.39 is 41.2 Å². The second-order valence-electron chi connectivity index (χ2n) is 8.13. The van der Waals surface area contributed by atoms with Gasteiger partial charge in [0.05, 0.1) is 16.3 Å². The quantitative estimate of drug-likeness (QED) is 0.302. The first kappa shape index (κ1) is 23.9. The maximum atomic E-state index is 14.5. The number of nitrogens with zero attached hydrogens (tertiary/aromatic N) is 3. The molecular weight excluding hydrogens is 477 g/mol. The molecule has 1 aliphatic heterocycles. The number of aromatic nitrogens is 1. The molecule has 2 aromatic carbocycles. The maximum Gasteiger partial charge on any atom is 0.416 e. The highest BCUT2D eigenvalue weighted by molar-refractivity contribution is 6.31. The number of anilines is 3. The van der Waals surface area contributed by atoms with Crippen LogP contribution in [0, 0.1) is 18.6 Å². The van der Waals surface area contributed by atoms with Gasteiger partial charge < -0.3 is 9.80 Å². The smallest absolute Gasteiger partial charge is 0.313 e. The molecule has 0 saturated heterocycles. The Bertz CT molecular complexity index is 1280. The molecule has 2 heterocycles. The molecule has 0 radical (unpaired) electrons. The van der Waals surface area contributed by atoms with Gasteiger partial charge in [0.15, 0.2) is 0 Å². The molecule has 4 nitrogen and oxygen atoms in total. The summed E-state index contributed by atoms with van der Waals surface area (Å²) >= 11 is 5.79. The largest absolute Gasteiger partial charge is 0.416 e. The lowest BCUT2D eigenvalue weighted by molar-refractivity contribution is -0.137. The number of para-hydroxylation sites is 1. The molecule has 0 saturated carbocycles. The lowest BCUT2D eigenvalue weighted by Crippen LogP contribution is -2.46. The molecule has 2 atom stereocenters. The van der Waals surface area contributed by atoms with Crippen molar-refractivity contribution in [3.8, 4) is 0 Å². The Morgan fingerprint density at radius 3 is 2.44 bits per heavy atom. The molecule has 1 amide bonds. The number of amides is 1. The molecular formula is C24H19ClF5N3O. The number of rotatable bonds is 3. The lowest BCUT2D eigenvalue weighted by Gasteiger charge is -2.32. The third kappa shape index (κ3) is 4.09. The van der Waals surface area contributed by atoms with E-state index in [0.29, 0.717) is 11.8 Å². The zero-order chi connectivity index (χ0) is 24.9. The summed E-state index contributed by atoms with van der Waals surface area (Å²) in [5, 5.41) is -0.370. The molecule has 0 spiro atoms. The Morgan fingerprint density at radius 1 is 1.09 bits per heavy atom. The highest BCUT2D eigenvalue weighted by Crippen LogP contribution is 2.46. The molecule has 1 aliphatic rings. The zero-order valence-electron chi connectivity index (χ0n) is 18.3. The van der Waals surface area contributed by atoms with E-state index in [0.717, 1.165) is 28.7 Å². The van der Waals surface area contributed by atoms with Crippen LogP contribution in [0.1, 0.15) is 29.7 Å². The van der Waals surface area contributed by atoms with Crippen LogP contribution in [0.25, 0.3) is 0 Å². The molecule has 0 N–H and O–H groups in total. The average Bonchev–Trinajstić information content (AvgIpc) is 3.07. The molecule has 178 valence electrons. The van der Waals surface area contributed by atoms with Gasteiger partial charge in [0.25, 0.3) is 5.91 Å². The van der Waals surface area contributed by atoms with E-state index in [-0.39, 0.29) is 22.2 Å². The van der Waals surface area contributed by atoms with Crippen LogP contribution in [0.4, 0.5) is 39.1 Å². The highest BCUT2D eigenvalue weighted by Gasteiger charge is 2.44. The third-order valence-corrected chi connectivity index (χ3v) is 6.18. The fraction of sp³-hybridized carbons (Fsp3) is 0.250. The van der Waals surface area contributed by atoms with E-state index in [2.05, 4.69) is 4.98 Å². The zero-order valence-corrected chi connectivity index (χ0v) is 19.0. The number of hydrogen-bond donors (Lipinski definition) is 0. The molecule has 1 aromatic heterocycles. The SMILES string of the molecule is Cc1cc(C(F)(F)F)cc(N2c3ccccc3C(C)C2C(=O)N(C)c2cc(Cl)c(F)cc2F)n1. The van der Waals surface area contributed by atoms with E-state index in [1.807, 2.05) is 0 Å². The average molecular weight is 496 g/mol. The lowest BCUT2D eigenvalue weighted by atomic mass is 9.96. The third-order valence-electron chi connectivity index (χ3n) is 5.89. The van der Waals surface area contributed by atoms with Crippen molar-refractivity contribution in [3.63, 3.8) is 0 Å². The van der Waals surface area contributed by atoms with Gasteiger partial charge in [0, 0.05) is 30.4 Å². The van der Waals surface area contributed by atoms with Crippen LogP contribution < -0.4 is 9.80 Å². The van der Waals surface area contributed by atoms with Crippen molar-refractivity contribution >= 4 is 34.7 Å². The van der Waals surface area contributed by atoms with Crippen molar-refractivity contribution in [2.75, 3.05) is 16.8 Å². The molecule has 34 heavy (non-hydrogen) atoms. The van der Waals surface area contributed by atoms with Gasteiger partial charge in [0.2, 0.25) is 0 Å². The maximum absolute atomic E-state index is 14.5. The number of aryl methyl sites for hydroxylation is 1. The molecule has 10 heteroatoms. The van der Waals surface area contributed by atoms with Crippen molar-refractivity contribution in [2.45, 2.75) is 32.0 Å². The van der Waals surface area contributed by atoms with Gasteiger partial charge in [-0.1, -0.05) is 36.7 Å². The van der Waals surface area contributed by atoms with E-state index in [1.54, 1.807) is 31.2 Å². The van der Waals surface area contributed by atoms with Gasteiger partial charge >= 0.3 is 6.18 Å². The molecule has 0 fully saturated rings. The Morgan fingerprint density at radius 2 is 1.76 bits per heavy atom. The van der Waals surface area contributed by atoms with Crippen LogP contribution in [-0.4, -0.2) is 24.0 Å². The number of carbonyl (C=O) groups excluding carboxylic acids is 1. The standard InChI is InChI=1S/C24H19ClF5N3O/c1-12-8-14(24(28,29)30)9-21(31-12)33-19-7-5-4-6-15(19)13(2)22(33)23(34)32(3)20-10-16(25)17(26)11-18(20)27/h4-11,13,22H,1-3H3. The number of fused-ring (bicyclic) bond motifs is 1. The van der Waals surface area contributed by atoms with Gasteiger partial charge in [-0.3, -0.25) is 4.79 Å². The van der Waals surface area contributed by atoms with Gasteiger partial charge in [-0.25, -0.2) is 13.8 Å². The van der Waals surface area contributed by atoms with Crippen molar-refractivity contribution in [1.82, 2.24) is 4.98 Å². The van der Waals surface area contributed by atoms with Gasteiger partial charge in [0.1, 0.15) is 23.5 Å². The summed E-state index contributed by atoms with van der Waals surface area (Å²) < 4.78 is 68.7. The summed E-state index contributed by atoms with van der Waals surface area (Å²) in [6.45, 7) is 3.19. The predicted octanol–water partition coefficient (Wildman–Crippen LogP) is 6.63. The van der Waals surface area contributed by atoms with Crippen LogP contribution in [-0.2, 0) is 11.0 Å². The minimum atomic E-state index is -4.61. The predicted molar refractivity (Wildman–Crippen MR) is 120 cm³/mol. The highest BCUT2D eigenvalue weighted by atomic mass is 35.5. The van der Waals surface area contributed by atoms with E-state index in [4.69, 9.17) is 11.6 Å². The first-order valence-corrected chi connectivity index (χ1v) is 10.6. The van der Waals surface area contributed by atoms with Crippen LogP contribution in [0.2, 0.25) is 5.02 Å². The monoisotopic (exact) mass is 495 g/mol. The second-order valence-corrected chi connectivity index (χ2v) is 8.54. The van der Waals surface area contributed by atoms with E-state index in [1.165, 1.54) is 18.9 Å². The topological polar surface area (TPSA) is 36.4 Å². The summed E-state index contributed by atoms with van der Waals surface area (Å²) in [5.74, 6) is -3.13. The molecule has 3 aromatic rings. The fourth-order valence-electron chi connectivity index (χ4n) is 4.25. The summed E-state index contributed by atoms with van der Waals surface area (Å²) in [6, 6.07) is 9.26. The molecule has 0 bridgehead atoms. The molecule has 0 aliphatic carbocycles. The second kappa shape index (κ2) is 8.54. The Labute approximate surface area is 197 Å². The normalized spacial score (nSPS) is 17.6. The minimum Gasteiger partial charge on any atom is -0.313 e. The van der Waals surface area contributed by atoms with Crippen LogP contribution in [0.5, 0.6) is 0 Å². The van der Waals surface area contributed by atoms with E-state index in [9.17, 15) is 26.7 Å². The Hall–Kier alpha value is -3.20. The van der Waals surface area contributed by atoms with Gasteiger partial charge in [-0.15, -0.1) is 0 Å². The number of alkyl halides is 3. The fourth-order valence-corrected chi connectivity index (χ4v) is 4.41. The number of carbonyl (C=O) groups is 1. The van der Waals surface area contributed by atoms with Crippen molar-refractivity contribution in [2.24, 2.45) is 0 Å². The minimum absolute atomic E-state index is 0.0616. The first-order chi connectivity index (χ1) is 15.9. The van der Waals surface area contributed by atoms with Crippen molar-refractivity contribution in [1.29, 1.82) is 0 Å². The Kier molecular flexibility index (Phi) is 6.01. The summed E-state index contributed by atoms with van der Waals surface area (Å²) in [5.41, 5.74) is 0.211. The first-order valence-electron chi connectivity index (χ1n) is 10.3. The van der Waals surface area contributed by atoms with Crippen molar-refractivity contribution in [3.05, 3.63) is 82.0 Å². The summed E-state index contributed by atoms with van der Waals surface area (Å²) in [4.78, 5) is 20.4. The van der Waals surface area contributed by atoms with Gasteiger partial charge in [-0.2, -0.15) is 13.2 Å². The summed E-state index contributed by atoms with van der Waals surface area (Å²) in [6.07, 6.45) is -4.61. The Balaban J connectivity index is 1.84. The van der Waals surface area contributed by atoms with Crippen LogP contribution in [0.3, 0.4) is 0 Å².